The first-order chi connectivity index (χ1) is 15.3. The van der Waals surface area contributed by atoms with Crippen LogP contribution in [-0.2, 0) is 16.1 Å². The van der Waals surface area contributed by atoms with Crippen molar-refractivity contribution in [1.82, 2.24) is 4.90 Å². The summed E-state index contributed by atoms with van der Waals surface area (Å²) in [5, 5.41) is 1.79. The number of hydrogen-bond donors (Lipinski definition) is 0. The lowest BCUT2D eigenvalue weighted by Gasteiger charge is -2.27. The van der Waals surface area contributed by atoms with Crippen LogP contribution in [0.1, 0.15) is 47.0 Å². The summed E-state index contributed by atoms with van der Waals surface area (Å²) in [7, 11) is 0. The number of halogens is 1. The summed E-state index contributed by atoms with van der Waals surface area (Å²) in [4.78, 5) is 42.5. The number of thiophene rings is 1. The summed E-state index contributed by atoms with van der Waals surface area (Å²) < 4.78 is 13.4. The van der Waals surface area contributed by atoms with Crippen LogP contribution in [0.25, 0.3) is 0 Å². The molecule has 0 N–H and O–H groups in total. The molecule has 4 rings (SSSR count). The van der Waals surface area contributed by atoms with Gasteiger partial charge in [0.25, 0.3) is 11.8 Å². The lowest BCUT2D eigenvalue weighted by Crippen LogP contribution is -2.44. The fourth-order valence-corrected chi connectivity index (χ4v) is 4.47. The number of carbonyl (C=O) groups is 3. The van der Waals surface area contributed by atoms with E-state index in [4.69, 9.17) is 0 Å². The van der Waals surface area contributed by atoms with Crippen molar-refractivity contribution in [3.63, 3.8) is 0 Å². The maximum atomic E-state index is 13.4. The van der Waals surface area contributed by atoms with Crippen LogP contribution < -0.4 is 4.90 Å². The second kappa shape index (κ2) is 9.04. The molecule has 32 heavy (non-hydrogen) atoms. The molecule has 3 amide bonds. The van der Waals surface area contributed by atoms with Gasteiger partial charge in [0.05, 0.1) is 17.0 Å². The Morgan fingerprint density at radius 1 is 1.09 bits per heavy atom. The molecule has 1 aromatic heterocycles. The number of anilines is 1. The van der Waals surface area contributed by atoms with Gasteiger partial charge in [0.15, 0.2) is 0 Å². The molecule has 7 heteroatoms. The van der Waals surface area contributed by atoms with Crippen molar-refractivity contribution in [2.75, 3.05) is 4.90 Å². The van der Waals surface area contributed by atoms with E-state index in [0.717, 1.165) is 10.5 Å². The van der Waals surface area contributed by atoms with Crippen molar-refractivity contribution in [1.29, 1.82) is 0 Å². The van der Waals surface area contributed by atoms with E-state index in [1.165, 1.54) is 28.4 Å². The average Bonchev–Trinajstić information content (AvgIpc) is 3.41. The molecule has 164 valence electrons. The second-order valence-electron chi connectivity index (χ2n) is 8.07. The highest BCUT2D eigenvalue weighted by molar-refractivity contribution is 7.12. The zero-order chi connectivity index (χ0) is 22.8. The maximum Gasteiger partial charge on any atom is 0.264 e. The van der Waals surface area contributed by atoms with Gasteiger partial charge in [0.2, 0.25) is 5.91 Å². The first-order valence-electron chi connectivity index (χ1n) is 10.4. The molecule has 0 spiro atoms. The highest BCUT2D eigenvalue weighted by atomic mass is 32.1. The van der Waals surface area contributed by atoms with E-state index in [9.17, 15) is 18.8 Å². The molecule has 2 aromatic carbocycles. The molecular weight excluding hydrogens is 427 g/mol. The monoisotopic (exact) mass is 450 g/mol. The fourth-order valence-electron chi connectivity index (χ4n) is 3.79. The fraction of sp³-hybridized carbons (Fsp3) is 0.240. The number of benzene rings is 2. The van der Waals surface area contributed by atoms with Crippen LogP contribution in [0, 0.1) is 5.82 Å². The second-order valence-corrected chi connectivity index (χ2v) is 9.02. The summed E-state index contributed by atoms with van der Waals surface area (Å²) in [6.45, 7) is 4.24. The zero-order valence-corrected chi connectivity index (χ0v) is 18.6. The summed E-state index contributed by atoms with van der Waals surface area (Å²) >= 11 is 1.27. The number of carbonyl (C=O) groups excluding carboxylic acids is 3. The quantitative estimate of drug-likeness (QED) is 0.498. The van der Waals surface area contributed by atoms with Crippen molar-refractivity contribution in [3.8, 4) is 0 Å². The first kappa shape index (κ1) is 21.9. The molecule has 0 saturated carbocycles. The maximum absolute atomic E-state index is 13.4. The zero-order valence-electron chi connectivity index (χ0n) is 17.8. The number of nitrogens with zero attached hydrogens (tertiary/aromatic N) is 2. The molecule has 5 nitrogen and oxygen atoms in total. The molecule has 1 aliphatic rings. The number of hydrogen-bond acceptors (Lipinski definition) is 4. The number of amides is 3. The summed E-state index contributed by atoms with van der Waals surface area (Å²) in [6.07, 6.45) is -0.0942. The van der Waals surface area contributed by atoms with Gasteiger partial charge in [0.1, 0.15) is 11.9 Å². The Kier molecular flexibility index (Phi) is 6.19. The normalized spacial score (nSPS) is 16.1. The lowest BCUT2D eigenvalue weighted by molar-refractivity contribution is -0.122. The van der Waals surface area contributed by atoms with E-state index in [1.54, 1.807) is 41.8 Å². The van der Waals surface area contributed by atoms with Crippen molar-refractivity contribution in [3.05, 3.63) is 87.9 Å². The molecule has 0 aliphatic carbocycles. The van der Waals surface area contributed by atoms with Gasteiger partial charge in [-0.2, -0.15) is 0 Å². The van der Waals surface area contributed by atoms with Crippen molar-refractivity contribution < 1.29 is 18.8 Å². The number of rotatable bonds is 6. The molecule has 0 radical (unpaired) electrons. The highest BCUT2D eigenvalue weighted by Crippen LogP contribution is 2.29. The standard InChI is InChI=1S/C25H23FN2O3S/c1-16(2)18-7-11-20(12-8-18)28-23(29)14-21(24(28)30)27(25(31)22-4-3-13-32-22)15-17-5-9-19(26)10-6-17/h3-13,16,21H,14-15H2,1-2H3. The van der Waals surface area contributed by atoms with Gasteiger partial charge in [-0.1, -0.05) is 44.2 Å². The summed E-state index contributed by atoms with van der Waals surface area (Å²) in [5.74, 6) is -1.16. The predicted molar refractivity (Wildman–Crippen MR) is 122 cm³/mol. The largest absolute Gasteiger partial charge is 0.321 e. The Morgan fingerprint density at radius 3 is 2.38 bits per heavy atom. The average molecular weight is 451 g/mol. The van der Waals surface area contributed by atoms with E-state index < -0.39 is 11.9 Å². The van der Waals surface area contributed by atoms with Gasteiger partial charge >= 0.3 is 0 Å². The SMILES string of the molecule is CC(C)c1ccc(N2C(=O)CC(N(Cc3ccc(F)cc3)C(=O)c3cccs3)C2=O)cc1. The van der Waals surface area contributed by atoms with E-state index >= 15 is 0 Å². The minimum Gasteiger partial charge on any atom is -0.321 e. The van der Waals surface area contributed by atoms with Crippen LogP contribution in [-0.4, -0.2) is 28.7 Å². The molecular formula is C25H23FN2O3S. The number of imide groups is 1. The van der Waals surface area contributed by atoms with E-state index in [1.807, 2.05) is 12.1 Å². The third kappa shape index (κ3) is 4.34. The van der Waals surface area contributed by atoms with Crippen LogP contribution >= 0.6 is 11.3 Å². The molecule has 3 aromatic rings. The Labute approximate surface area is 190 Å². The van der Waals surface area contributed by atoms with Gasteiger partial charge in [-0.05, 0) is 52.8 Å². The van der Waals surface area contributed by atoms with Crippen LogP contribution in [0.5, 0.6) is 0 Å². The third-order valence-electron chi connectivity index (χ3n) is 5.58. The Bertz CT molecular complexity index is 1130. The highest BCUT2D eigenvalue weighted by Gasteiger charge is 2.44. The van der Waals surface area contributed by atoms with Gasteiger partial charge in [-0.25, -0.2) is 9.29 Å². The van der Waals surface area contributed by atoms with Gasteiger partial charge in [-0.15, -0.1) is 11.3 Å². The van der Waals surface area contributed by atoms with E-state index in [2.05, 4.69) is 13.8 Å². The lowest BCUT2D eigenvalue weighted by atomic mass is 10.0. The van der Waals surface area contributed by atoms with Crippen LogP contribution in [0.2, 0.25) is 0 Å². The summed E-state index contributed by atoms with van der Waals surface area (Å²) in [5.41, 5.74) is 2.28. The van der Waals surface area contributed by atoms with Gasteiger partial charge in [-0.3, -0.25) is 14.4 Å². The summed E-state index contributed by atoms with van der Waals surface area (Å²) in [6, 6.07) is 15.6. The third-order valence-corrected chi connectivity index (χ3v) is 6.43. The van der Waals surface area contributed by atoms with Gasteiger partial charge < -0.3 is 4.90 Å². The molecule has 2 heterocycles. The molecule has 1 atom stereocenters. The molecule has 1 aliphatic heterocycles. The molecule has 1 saturated heterocycles. The van der Waals surface area contributed by atoms with E-state index in [-0.39, 0.29) is 30.6 Å². The van der Waals surface area contributed by atoms with Crippen LogP contribution in [0.15, 0.2) is 66.0 Å². The Hall–Kier alpha value is -3.32. The minimum atomic E-state index is -0.924. The van der Waals surface area contributed by atoms with Crippen LogP contribution in [0.4, 0.5) is 10.1 Å². The molecule has 1 fully saturated rings. The van der Waals surface area contributed by atoms with Crippen molar-refractivity contribution >= 4 is 34.7 Å². The smallest absolute Gasteiger partial charge is 0.264 e. The predicted octanol–water partition coefficient (Wildman–Crippen LogP) is 4.99. The first-order valence-corrected chi connectivity index (χ1v) is 11.3. The van der Waals surface area contributed by atoms with Crippen molar-refractivity contribution in [2.24, 2.45) is 0 Å². The van der Waals surface area contributed by atoms with E-state index in [0.29, 0.717) is 22.0 Å². The van der Waals surface area contributed by atoms with Crippen molar-refractivity contribution in [2.45, 2.75) is 38.8 Å². The van der Waals surface area contributed by atoms with Crippen LogP contribution in [0.3, 0.4) is 0 Å². The molecule has 0 bridgehead atoms. The Morgan fingerprint density at radius 2 is 1.78 bits per heavy atom. The molecule has 1 unspecified atom stereocenters. The topological polar surface area (TPSA) is 57.7 Å². The van der Waals surface area contributed by atoms with Gasteiger partial charge in [0, 0.05) is 6.54 Å². The minimum absolute atomic E-state index is 0.0942. The Balaban J connectivity index is 1.64.